The summed E-state index contributed by atoms with van der Waals surface area (Å²) in [5.74, 6) is -0.833. The zero-order chi connectivity index (χ0) is 27.3. The summed E-state index contributed by atoms with van der Waals surface area (Å²) in [5, 5.41) is 9.12. The standard InChI is InChI=1S/C29H30N4O6/c34-27(30-18-26-7-4-16-37-26)20-39-24-12-8-21(9-13-24)17-31-33-29(36)28(35)32-23-10-14-25(15-11-23)38-19-22-5-2-1-3-6-22/h1-3,5-6,8-15,17,26H,4,7,16,18-20H2,(H,30,34)(H,32,35)(H,33,36)/b31-17-/t26-/m0/s1. The molecule has 0 spiro atoms. The van der Waals surface area contributed by atoms with Crippen LogP contribution in [0.25, 0.3) is 0 Å². The highest BCUT2D eigenvalue weighted by atomic mass is 16.5. The number of nitrogens with one attached hydrogen (secondary N) is 3. The van der Waals surface area contributed by atoms with E-state index in [9.17, 15) is 14.4 Å². The monoisotopic (exact) mass is 530 g/mol. The molecule has 1 saturated heterocycles. The Balaban J connectivity index is 1.14. The van der Waals surface area contributed by atoms with E-state index in [1.165, 1.54) is 6.21 Å². The molecule has 0 aliphatic carbocycles. The highest BCUT2D eigenvalue weighted by molar-refractivity contribution is 6.39. The first-order valence-corrected chi connectivity index (χ1v) is 12.6. The third-order valence-corrected chi connectivity index (χ3v) is 5.75. The van der Waals surface area contributed by atoms with Crippen LogP contribution in [0.4, 0.5) is 5.69 Å². The van der Waals surface area contributed by atoms with E-state index in [2.05, 4.69) is 21.2 Å². The summed E-state index contributed by atoms with van der Waals surface area (Å²) >= 11 is 0. The lowest BCUT2D eigenvalue weighted by atomic mass is 10.2. The Morgan fingerprint density at radius 3 is 2.33 bits per heavy atom. The molecule has 3 N–H and O–H groups in total. The van der Waals surface area contributed by atoms with E-state index >= 15 is 0 Å². The van der Waals surface area contributed by atoms with Gasteiger partial charge in [-0.3, -0.25) is 14.4 Å². The summed E-state index contributed by atoms with van der Waals surface area (Å²) in [4.78, 5) is 36.2. The van der Waals surface area contributed by atoms with Gasteiger partial charge in [0, 0.05) is 18.8 Å². The lowest BCUT2D eigenvalue weighted by Gasteiger charge is -2.11. The van der Waals surface area contributed by atoms with E-state index in [1.54, 1.807) is 48.5 Å². The maximum Gasteiger partial charge on any atom is 0.329 e. The number of ether oxygens (including phenoxy) is 3. The van der Waals surface area contributed by atoms with Gasteiger partial charge in [0.05, 0.1) is 12.3 Å². The van der Waals surface area contributed by atoms with E-state index in [4.69, 9.17) is 14.2 Å². The molecule has 1 aliphatic heterocycles. The molecule has 3 aromatic rings. The van der Waals surface area contributed by atoms with Crippen molar-refractivity contribution in [3.05, 3.63) is 90.0 Å². The molecule has 4 rings (SSSR count). The van der Waals surface area contributed by atoms with Gasteiger partial charge in [-0.2, -0.15) is 5.10 Å². The van der Waals surface area contributed by atoms with Crippen molar-refractivity contribution in [3.63, 3.8) is 0 Å². The van der Waals surface area contributed by atoms with E-state index in [1.807, 2.05) is 30.3 Å². The minimum absolute atomic E-state index is 0.0797. The van der Waals surface area contributed by atoms with Crippen LogP contribution in [0.2, 0.25) is 0 Å². The minimum Gasteiger partial charge on any atom is -0.489 e. The maximum absolute atomic E-state index is 12.2. The zero-order valence-electron chi connectivity index (χ0n) is 21.3. The van der Waals surface area contributed by atoms with Crippen LogP contribution in [0.15, 0.2) is 84.0 Å². The number of anilines is 1. The van der Waals surface area contributed by atoms with Crippen molar-refractivity contribution < 1.29 is 28.6 Å². The van der Waals surface area contributed by atoms with E-state index in [-0.39, 0.29) is 18.6 Å². The summed E-state index contributed by atoms with van der Waals surface area (Å²) in [7, 11) is 0. The Bertz CT molecular complexity index is 1260. The summed E-state index contributed by atoms with van der Waals surface area (Å²) in [6.07, 6.45) is 3.44. The fourth-order valence-corrected chi connectivity index (χ4v) is 3.66. The fraction of sp³-hybridized carbons (Fsp3) is 0.241. The van der Waals surface area contributed by atoms with Crippen molar-refractivity contribution in [2.45, 2.75) is 25.6 Å². The molecular weight excluding hydrogens is 500 g/mol. The largest absolute Gasteiger partial charge is 0.489 e. The second-order valence-corrected chi connectivity index (χ2v) is 8.75. The highest BCUT2D eigenvalue weighted by Gasteiger charge is 2.16. The summed E-state index contributed by atoms with van der Waals surface area (Å²) in [6, 6.07) is 23.2. The van der Waals surface area contributed by atoms with Gasteiger partial charge >= 0.3 is 11.8 Å². The van der Waals surface area contributed by atoms with Crippen LogP contribution < -0.4 is 25.5 Å². The van der Waals surface area contributed by atoms with Gasteiger partial charge in [0.15, 0.2) is 6.61 Å². The normalized spacial score (nSPS) is 14.5. The molecule has 0 unspecified atom stereocenters. The van der Waals surface area contributed by atoms with Crippen LogP contribution in [-0.2, 0) is 25.7 Å². The summed E-state index contributed by atoms with van der Waals surface area (Å²) in [6.45, 7) is 1.55. The maximum atomic E-state index is 12.2. The van der Waals surface area contributed by atoms with Crippen LogP contribution >= 0.6 is 0 Å². The Labute approximate surface area is 226 Å². The van der Waals surface area contributed by atoms with Gasteiger partial charge in [-0.05, 0) is 72.5 Å². The van der Waals surface area contributed by atoms with Crippen molar-refractivity contribution in [2.75, 3.05) is 25.1 Å². The predicted octanol–water partition coefficient (Wildman–Crippen LogP) is 3.03. The molecule has 0 aromatic heterocycles. The van der Waals surface area contributed by atoms with Crippen LogP contribution in [0, 0.1) is 0 Å². The van der Waals surface area contributed by atoms with Crippen LogP contribution in [0.3, 0.4) is 0 Å². The number of carbonyl (C=O) groups excluding carboxylic acids is 3. The average molecular weight is 531 g/mol. The van der Waals surface area contributed by atoms with Crippen molar-refractivity contribution in [2.24, 2.45) is 5.10 Å². The first-order chi connectivity index (χ1) is 19.0. The van der Waals surface area contributed by atoms with Crippen LogP contribution in [-0.4, -0.2) is 49.8 Å². The molecule has 39 heavy (non-hydrogen) atoms. The summed E-state index contributed by atoms with van der Waals surface area (Å²) < 4.78 is 16.7. The molecule has 1 fully saturated rings. The van der Waals surface area contributed by atoms with Gasteiger partial charge in [0.1, 0.15) is 18.1 Å². The number of hydrazone groups is 1. The lowest BCUT2D eigenvalue weighted by Crippen LogP contribution is -2.35. The van der Waals surface area contributed by atoms with E-state index in [0.29, 0.717) is 35.9 Å². The molecule has 10 heteroatoms. The topological polar surface area (TPSA) is 127 Å². The molecule has 202 valence electrons. The fourth-order valence-electron chi connectivity index (χ4n) is 3.66. The van der Waals surface area contributed by atoms with Gasteiger partial charge in [0.25, 0.3) is 5.91 Å². The van der Waals surface area contributed by atoms with Crippen LogP contribution in [0.5, 0.6) is 11.5 Å². The van der Waals surface area contributed by atoms with Gasteiger partial charge in [-0.1, -0.05) is 30.3 Å². The van der Waals surface area contributed by atoms with E-state index < -0.39 is 11.8 Å². The van der Waals surface area contributed by atoms with Crippen molar-refractivity contribution in [1.82, 2.24) is 10.7 Å². The van der Waals surface area contributed by atoms with Gasteiger partial charge in [-0.15, -0.1) is 0 Å². The van der Waals surface area contributed by atoms with E-state index in [0.717, 1.165) is 25.0 Å². The first kappa shape index (κ1) is 27.3. The van der Waals surface area contributed by atoms with Crippen molar-refractivity contribution in [3.8, 4) is 11.5 Å². The number of hydrogen-bond acceptors (Lipinski definition) is 7. The molecule has 3 aromatic carbocycles. The highest BCUT2D eigenvalue weighted by Crippen LogP contribution is 2.17. The predicted molar refractivity (Wildman–Crippen MR) is 146 cm³/mol. The molecular formula is C29H30N4O6. The molecule has 1 heterocycles. The van der Waals surface area contributed by atoms with Gasteiger partial charge in [-0.25, -0.2) is 5.43 Å². The van der Waals surface area contributed by atoms with Crippen LogP contribution in [0.1, 0.15) is 24.0 Å². The Morgan fingerprint density at radius 1 is 0.897 bits per heavy atom. The number of amides is 3. The van der Waals surface area contributed by atoms with Gasteiger partial charge in [0.2, 0.25) is 0 Å². The molecule has 1 atom stereocenters. The minimum atomic E-state index is -0.912. The first-order valence-electron chi connectivity index (χ1n) is 12.6. The number of hydrogen-bond donors (Lipinski definition) is 3. The molecule has 1 aliphatic rings. The number of nitrogens with zero attached hydrogens (tertiary/aromatic N) is 1. The molecule has 10 nitrogen and oxygen atoms in total. The lowest BCUT2D eigenvalue weighted by molar-refractivity contribution is -0.136. The molecule has 3 amide bonds. The Hall–Kier alpha value is -4.70. The molecule has 0 saturated carbocycles. The Kier molecular flexibility index (Phi) is 10.0. The molecule has 0 bridgehead atoms. The number of benzene rings is 3. The van der Waals surface area contributed by atoms with Gasteiger partial charge < -0.3 is 24.8 Å². The third-order valence-electron chi connectivity index (χ3n) is 5.75. The van der Waals surface area contributed by atoms with Crippen molar-refractivity contribution in [1.29, 1.82) is 0 Å². The smallest absolute Gasteiger partial charge is 0.329 e. The average Bonchev–Trinajstić information content (AvgIpc) is 3.49. The van der Waals surface area contributed by atoms with Crippen molar-refractivity contribution >= 4 is 29.6 Å². The Morgan fingerprint density at radius 2 is 1.62 bits per heavy atom. The number of rotatable bonds is 11. The quantitative estimate of drug-likeness (QED) is 0.199. The molecule has 0 radical (unpaired) electrons. The zero-order valence-corrected chi connectivity index (χ0v) is 21.3. The third kappa shape index (κ3) is 9.28. The number of carbonyl (C=O) groups is 3. The second-order valence-electron chi connectivity index (χ2n) is 8.75. The SMILES string of the molecule is O=C(COc1ccc(/C=N\NC(=O)C(=O)Nc2ccc(OCc3ccccc3)cc2)cc1)NC[C@@H]1CCCO1. The second kappa shape index (κ2) is 14.3. The summed E-state index contributed by atoms with van der Waals surface area (Å²) in [5.41, 5.74) is 4.35.